The number of carbonyl (C=O) groups is 1. The molecule has 0 saturated carbocycles. The Balaban J connectivity index is 1.52. The summed E-state index contributed by atoms with van der Waals surface area (Å²) in [6.07, 6.45) is 4.00. The molecule has 3 aromatic rings. The minimum Gasteiger partial charge on any atom is -0.489 e. The van der Waals surface area contributed by atoms with Crippen molar-refractivity contribution < 1.29 is 14.3 Å². The van der Waals surface area contributed by atoms with Crippen LogP contribution in [0.15, 0.2) is 72.8 Å². The Morgan fingerprint density at radius 2 is 1.72 bits per heavy atom. The Hall–Kier alpha value is -3.24. The second-order valence-corrected chi connectivity index (χ2v) is 7.02. The highest BCUT2D eigenvalue weighted by Crippen LogP contribution is 2.38. The van der Waals surface area contributed by atoms with Gasteiger partial charge in [-0.15, -0.1) is 0 Å². The molecule has 29 heavy (non-hydrogen) atoms. The fourth-order valence-electron chi connectivity index (χ4n) is 3.15. The van der Waals surface area contributed by atoms with Gasteiger partial charge in [-0.1, -0.05) is 60.1 Å². The summed E-state index contributed by atoms with van der Waals surface area (Å²) in [4.78, 5) is 12.5. The molecule has 1 N–H and O–H groups in total. The van der Waals surface area contributed by atoms with Gasteiger partial charge in [0.2, 0.25) is 5.91 Å². The summed E-state index contributed by atoms with van der Waals surface area (Å²) in [6.45, 7) is 1.15. The number of anilines is 1. The third kappa shape index (κ3) is 4.61. The minimum atomic E-state index is -0.225. The average Bonchev–Trinajstić information content (AvgIpc) is 2.99. The largest absolute Gasteiger partial charge is 0.489 e. The summed E-state index contributed by atoms with van der Waals surface area (Å²) in [5.74, 6) is 0.934. The average molecular weight is 406 g/mol. The number of fused-ring (bicyclic) bond motifs is 1. The Morgan fingerprint density at radius 3 is 2.59 bits per heavy atom. The summed E-state index contributed by atoms with van der Waals surface area (Å²) in [6, 6.07) is 21.3. The Morgan fingerprint density at radius 1 is 0.966 bits per heavy atom. The van der Waals surface area contributed by atoms with Gasteiger partial charge < -0.3 is 14.8 Å². The lowest BCUT2D eigenvalue weighted by Crippen LogP contribution is -2.08. The molecule has 5 heteroatoms. The van der Waals surface area contributed by atoms with E-state index in [1.165, 1.54) is 6.08 Å². The molecule has 0 radical (unpaired) electrons. The van der Waals surface area contributed by atoms with E-state index >= 15 is 0 Å². The number of carbonyl (C=O) groups excluding carboxylic acids is 1. The topological polar surface area (TPSA) is 47.6 Å². The molecule has 4 nitrogen and oxygen atoms in total. The molecule has 3 aromatic carbocycles. The smallest absolute Gasteiger partial charge is 0.248 e. The van der Waals surface area contributed by atoms with E-state index < -0.39 is 0 Å². The van der Waals surface area contributed by atoms with E-state index in [9.17, 15) is 4.79 Å². The van der Waals surface area contributed by atoms with Gasteiger partial charge in [-0.3, -0.25) is 4.79 Å². The van der Waals surface area contributed by atoms with Crippen LogP contribution in [-0.2, 0) is 4.79 Å². The number of ether oxygens (including phenoxy) is 2. The number of nitrogens with one attached hydrogen (secondary N) is 1. The first-order chi connectivity index (χ1) is 14.2. The zero-order valence-electron chi connectivity index (χ0n) is 15.7. The second kappa shape index (κ2) is 8.84. The molecule has 0 unspecified atom stereocenters. The number of rotatable bonds is 4. The van der Waals surface area contributed by atoms with Gasteiger partial charge in [0.05, 0.1) is 18.2 Å². The predicted octanol–water partition coefficient (Wildman–Crippen LogP) is 5.82. The van der Waals surface area contributed by atoms with Crippen molar-refractivity contribution in [1.29, 1.82) is 0 Å². The number of hydrogen-bond donors (Lipinski definition) is 1. The normalized spacial score (nSPS) is 13.1. The molecule has 0 fully saturated rings. The number of para-hydroxylation sites is 1. The van der Waals surface area contributed by atoms with Crippen molar-refractivity contribution in [3.8, 4) is 22.6 Å². The van der Waals surface area contributed by atoms with Gasteiger partial charge in [0.15, 0.2) is 11.5 Å². The number of hydrogen-bond acceptors (Lipinski definition) is 3. The van der Waals surface area contributed by atoms with Crippen molar-refractivity contribution in [2.24, 2.45) is 0 Å². The highest BCUT2D eigenvalue weighted by Gasteiger charge is 2.15. The van der Waals surface area contributed by atoms with Crippen molar-refractivity contribution in [1.82, 2.24) is 0 Å². The first kappa shape index (κ1) is 19.1. The van der Waals surface area contributed by atoms with Gasteiger partial charge >= 0.3 is 0 Å². The maximum Gasteiger partial charge on any atom is 0.248 e. The van der Waals surface area contributed by atoms with Crippen molar-refractivity contribution in [3.63, 3.8) is 0 Å². The Labute approximate surface area is 174 Å². The quantitative estimate of drug-likeness (QED) is 0.556. The number of benzene rings is 3. The van der Waals surface area contributed by atoms with Crippen molar-refractivity contribution in [2.75, 3.05) is 18.5 Å². The van der Waals surface area contributed by atoms with Crippen LogP contribution >= 0.6 is 11.6 Å². The standard InChI is InChI=1S/C24H20ClNO3/c25-20-15-17(16-22-24(20)29-14-6-13-28-22)11-12-23(27)26-21-10-5-4-9-19(21)18-7-2-1-3-8-18/h1-5,7-12,15-16H,6,13-14H2,(H,26,27)/b12-11+. The molecule has 0 spiro atoms. The second-order valence-electron chi connectivity index (χ2n) is 6.61. The lowest BCUT2D eigenvalue weighted by Gasteiger charge is -2.11. The van der Waals surface area contributed by atoms with Gasteiger partial charge in [0.25, 0.3) is 0 Å². The van der Waals surface area contributed by atoms with Crippen LogP contribution in [0.1, 0.15) is 12.0 Å². The van der Waals surface area contributed by atoms with Crippen LogP contribution in [-0.4, -0.2) is 19.1 Å². The van der Waals surface area contributed by atoms with Gasteiger partial charge in [-0.25, -0.2) is 0 Å². The van der Waals surface area contributed by atoms with E-state index in [2.05, 4.69) is 5.32 Å². The summed E-state index contributed by atoms with van der Waals surface area (Å²) < 4.78 is 11.3. The van der Waals surface area contributed by atoms with Crippen LogP contribution < -0.4 is 14.8 Å². The minimum absolute atomic E-state index is 0.225. The molecule has 0 saturated heterocycles. The fraction of sp³-hybridized carbons (Fsp3) is 0.125. The molecule has 0 atom stereocenters. The van der Waals surface area contributed by atoms with E-state index in [-0.39, 0.29) is 5.91 Å². The molecule has 0 aromatic heterocycles. The number of amides is 1. The van der Waals surface area contributed by atoms with E-state index in [1.54, 1.807) is 12.1 Å². The van der Waals surface area contributed by atoms with Crippen molar-refractivity contribution >= 4 is 29.3 Å². The molecular weight excluding hydrogens is 386 g/mol. The monoisotopic (exact) mass is 405 g/mol. The molecule has 0 bridgehead atoms. The van der Waals surface area contributed by atoms with Gasteiger partial charge in [0, 0.05) is 23.7 Å². The van der Waals surface area contributed by atoms with Crippen LogP contribution in [0.3, 0.4) is 0 Å². The van der Waals surface area contributed by atoms with E-state index in [0.717, 1.165) is 28.8 Å². The third-order valence-electron chi connectivity index (χ3n) is 4.52. The highest BCUT2D eigenvalue weighted by molar-refractivity contribution is 6.32. The van der Waals surface area contributed by atoms with E-state index in [4.69, 9.17) is 21.1 Å². The van der Waals surface area contributed by atoms with Crippen molar-refractivity contribution in [3.05, 3.63) is 83.4 Å². The Bertz CT molecular complexity index is 1050. The molecule has 1 aliphatic heterocycles. The summed E-state index contributed by atoms with van der Waals surface area (Å²) in [7, 11) is 0. The number of halogens is 1. The molecule has 1 aliphatic rings. The lowest BCUT2D eigenvalue weighted by molar-refractivity contribution is -0.111. The molecule has 1 amide bonds. The van der Waals surface area contributed by atoms with Crippen molar-refractivity contribution in [2.45, 2.75) is 6.42 Å². The van der Waals surface area contributed by atoms with Crippen LogP contribution in [0.25, 0.3) is 17.2 Å². The zero-order valence-corrected chi connectivity index (χ0v) is 16.5. The predicted molar refractivity (Wildman–Crippen MR) is 117 cm³/mol. The Kier molecular flexibility index (Phi) is 5.82. The highest BCUT2D eigenvalue weighted by atomic mass is 35.5. The molecule has 1 heterocycles. The first-order valence-corrected chi connectivity index (χ1v) is 9.81. The fourth-order valence-corrected chi connectivity index (χ4v) is 3.43. The SMILES string of the molecule is O=C(/C=C/c1cc(Cl)c2c(c1)OCCCO2)Nc1ccccc1-c1ccccc1. The third-order valence-corrected chi connectivity index (χ3v) is 4.80. The van der Waals surface area contributed by atoms with Gasteiger partial charge in [-0.05, 0) is 35.4 Å². The lowest BCUT2D eigenvalue weighted by atomic mass is 10.0. The summed E-state index contributed by atoms with van der Waals surface area (Å²) in [5.41, 5.74) is 3.53. The summed E-state index contributed by atoms with van der Waals surface area (Å²) in [5, 5.41) is 3.42. The van der Waals surface area contributed by atoms with Crippen LogP contribution in [0.2, 0.25) is 5.02 Å². The van der Waals surface area contributed by atoms with Gasteiger partial charge in [-0.2, -0.15) is 0 Å². The maximum atomic E-state index is 12.5. The molecular formula is C24H20ClNO3. The summed E-state index contributed by atoms with van der Waals surface area (Å²) >= 11 is 6.31. The molecule has 146 valence electrons. The molecule has 4 rings (SSSR count). The van der Waals surface area contributed by atoms with Crippen LogP contribution in [0, 0.1) is 0 Å². The zero-order chi connectivity index (χ0) is 20.1. The molecule has 0 aliphatic carbocycles. The van der Waals surface area contributed by atoms with E-state index in [1.807, 2.05) is 60.7 Å². The van der Waals surface area contributed by atoms with E-state index in [0.29, 0.717) is 29.7 Å². The maximum absolute atomic E-state index is 12.5. The van der Waals surface area contributed by atoms with Crippen LogP contribution in [0.4, 0.5) is 5.69 Å². The van der Waals surface area contributed by atoms with Gasteiger partial charge in [0.1, 0.15) is 0 Å². The first-order valence-electron chi connectivity index (χ1n) is 9.43. The van der Waals surface area contributed by atoms with Crippen LogP contribution in [0.5, 0.6) is 11.5 Å².